The Morgan fingerprint density at radius 1 is 0.967 bits per heavy atom. The predicted molar refractivity (Wildman–Crippen MR) is 121 cm³/mol. The maximum absolute atomic E-state index is 12.6. The lowest BCUT2D eigenvalue weighted by atomic mass is 9.96. The molecule has 1 aromatic rings. The van der Waals surface area contributed by atoms with Gasteiger partial charge in [-0.3, -0.25) is 4.79 Å². The summed E-state index contributed by atoms with van der Waals surface area (Å²) in [6.07, 6.45) is 8.01. The van der Waals surface area contributed by atoms with Gasteiger partial charge in [-0.1, -0.05) is 6.92 Å². The number of nitrogens with one attached hydrogen (secondary N) is 1. The molecule has 1 aromatic heterocycles. The van der Waals surface area contributed by atoms with E-state index in [-0.39, 0.29) is 11.8 Å². The van der Waals surface area contributed by atoms with Crippen molar-refractivity contribution in [1.29, 1.82) is 0 Å². The van der Waals surface area contributed by atoms with Crippen LogP contribution in [0.25, 0.3) is 0 Å². The lowest BCUT2D eigenvalue weighted by Gasteiger charge is -2.32. The van der Waals surface area contributed by atoms with E-state index in [9.17, 15) is 4.79 Å². The van der Waals surface area contributed by atoms with Gasteiger partial charge in [-0.2, -0.15) is 0 Å². The third kappa shape index (κ3) is 5.62. The van der Waals surface area contributed by atoms with Gasteiger partial charge < -0.3 is 20.0 Å². The molecule has 0 aliphatic carbocycles. The third-order valence-corrected chi connectivity index (χ3v) is 6.95. The van der Waals surface area contributed by atoms with Crippen LogP contribution in [0.3, 0.4) is 0 Å². The van der Waals surface area contributed by atoms with Crippen molar-refractivity contribution < 1.29 is 4.79 Å². The first-order chi connectivity index (χ1) is 14.7. The van der Waals surface area contributed by atoms with Gasteiger partial charge in [-0.15, -0.1) is 10.2 Å². The van der Waals surface area contributed by atoms with Crippen molar-refractivity contribution in [3.63, 3.8) is 0 Å². The molecule has 0 bridgehead atoms. The zero-order chi connectivity index (χ0) is 20.8. The number of hydrogen-bond donors (Lipinski definition) is 1. The molecule has 3 saturated heterocycles. The Labute approximate surface area is 181 Å². The van der Waals surface area contributed by atoms with E-state index in [0.717, 1.165) is 76.1 Å². The molecule has 3 aliphatic heterocycles. The molecule has 0 radical (unpaired) electrons. The van der Waals surface area contributed by atoms with Crippen LogP contribution in [-0.2, 0) is 4.79 Å². The molecule has 0 aromatic carbocycles. The largest absolute Gasteiger partial charge is 0.356 e. The van der Waals surface area contributed by atoms with Crippen LogP contribution in [0.1, 0.15) is 51.9 Å². The van der Waals surface area contributed by atoms with Gasteiger partial charge in [-0.05, 0) is 76.1 Å². The first-order valence-corrected chi connectivity index (χ1v) is 12.0. The lowest BCUT2D eigenvalue weighted by molar-refractivity contribution is -0.125. The standard InChI is InChI=1S/C23H38N6O/c1-19-6-4-12-27(18-19)13-5-11-24-23(30)20-9-16-29(17-10-20)22-8-7-21(25-26-22)28-14-2-3-15-28/h7-8,19-20H,2-6,9-18H2,1H3,(H,24,30)/t19-/m0/s1. The summed E-state index contributed by atoms with van der Waals surface area (Å²) in [6, 6.07) is 4.18. The third-order valence-electron chi connectivity index (χ3n) is 6.95. The summed E-state index contributed by atoms with van der Waals surface area (Å²) >= 11 is 0. The average molecular weight is 415 g/mol. The number of hydrogen-bond acceptors (Lipinski definition) is 6. The fourth-order valence-corrected chi connectivity index (χ4v) is 5.12. The lowest BCUT2D eigenvalue weighted by Crippen LogP contribution is -2.42. The number of amides is 1. The zero-order valence-electron chi connectivity index (χ0n) is 18.6. The number of likely N-dealkylation sites (tertiary alicyclic amines) is 1. The van der Waals surface area contributed by atoms with E-state index < -0.39 is 0 Å². The van der Waals surface area contributed by atoms with Crippen LogP contribution in [0.5, 0.6) is 0 Å². The summed E-state index contributed by atoms with van der Waals surface area (Å²) in [5.74, 6) is 3.11. The Morgan fingerprint density at radius 2 is 1.63 bits per heavy atom. The van der Waals surface area contributed by atoms with Crippen LogP contribution in [-0.4, -0.2) is 73.4 Å². The maximum atomic E-state index is 12.6. The second kappa shape index (κ2) is 10.4. The van der Waals surface area contributed by atoms with Gasteiger partial charge >= 0.3 is 0 Å². The van der Waals surface area contributed by atoms with Gasteiger partial charge in [0, 0.05) is 45.2 Å². The van der Waals surface area contributed by atoms with E-state index in [1.165, 1.54) is 38.8 Å². The van der Waals surface area contributed by atoms with Crippen LogP contribution in [0.4, 0.5) is 11.6 Å². The quantitative estimate of drug-likeness (QED) is 0.692. The van der Waals surface area contributed by atoms with Gasteiger partial charge in [0.2, 0.25) is 5.91 Å². The highest BCUT2D eigenvalue weighted by atomic mass is 16.1. The molecule has 30 heavy (non-hydrogen) atoms. The minimum absolute atomic E-state index is 0.132. The highest BCUT2D eigenvalue weighted by molar-refractivity contribution is 5.78. The SMILES string of the molecule is C[C@H]1CCCN(CCCNC(=O)C2CCN(c3ccc(N4CCCC4)nn3)CC2)C1. The number of carbonyl (C=O) groups is 1. The minimum atomic E-state index is 0.132. The molecule has 4 rings (SSSR count). The van der Waals surface area contributed by atoms with E-state index in [1.54, 1.807) is 0 Å². The van der Waals surface area contributed by atoms with Gasteiger partial charge in [0.15, 0.2) is 11.6 Å². The second-order valence-corrected chi connectivity index (χ2v) is 9.40. The normalized spacial score (nSPS) is 23.7. The fourth-order valence-electron chi connectivity index (χ4n) is 5.12. The van der Waals surface area contributed by atoms with Crippen LogP contribution >= 0.6 is 0 Å². The number of aromatic nitrogens is 2. The van der Waals surface area contributed by atoms with E-state index >= 15 is 0 Å². The highest BCUT2D eigenvalue weighted by Gasteiger charge is 2.26. The number of anilines is 2. The fraction of sp³-hybridized carbons (Fsp3) is 0.783. The topological polar surface area (TPSA) is 64.6 Å². The van der Waals surface area contributed by atoms with E-state index in [2.05, 4.69) is 49.3 Å². The average Bonchev–Trinajstić information content (AvgIpc) is 3.32. The number of rotatable bonds is 7. The molecule has 0 spiro atoms. The van der Waals surface area contributed by atoms with Crippen molar-refractivity contribution in [1.82, 2.24) is 20.4 Å². The molecule has 7 heteroatoms. The Balaban J connectivity index is 1.14. The van der Waals surface area contributed by atoms with Crippen molar-refractivity contribution in [3.8, 4) is 0 Å². The maximum Gasteiger partial charge on any atom is 0.223 e. The molecule has 1 amide bonds. The monoisotopic (exact) mass is 414 g/mol. The Hall–Kier alpha value is -1.89. The predicted octanol–water partition coefficient (Wildman–Crippen LogP) is 2.53. The number of nitrogens with zero attached hydrogens (tertiary/aromatic N) is 5. The molecule has 3 aliphatic rings. The zero-order valence-corrected chi connectivity index (χ0v) is 18.6. The van der Waals surface area contributed by atoms with Crippen LogP contribution in [0, 0.1) is 11.8 Å². The van der Waals surface area contributed by atoms with Crippen molar-refractivity contribution in [2.45, 2.75) is 51.9 Å². The van der Waals surface area contributed by atoms with E-state index in [4.69, 9.17) is 0 Å². The Bertz CT molecular complexity index is 667. The Kier molecular flexibility index (Phi) is 7.42. The van der Waals surface area contributed by atoms with Gasteiger partial charge in [0.1, 0.15) is 0 Å². The molecule has 0 unspecified atom stereocenters. The molecular formula is C23H38N6O. The van der Waals surface area contributed by atoms with Crippen LogP contribution in [0.2, 0.25) is 0 Å². The summed E-state index contributed by atoms with van der Waals surface area (Å²) in [7, 11) is 0. The molecule has 3 fully saturated rings. The molecule has 4 heterocycles. The van der Waals surface area contributed by atoms with Gasteiger partial charge in [0.05, 0.1) is 0 Å². The summed E-state index contributed by atoms with van der Waals surface area (Å²) in [6.45, 7) is 10.6. The Morgan fingerprint density at radius 3 is 2.27 bits per heavy atom. The summed E-state index contributed by atoms with van der Waals surface area (Å²) in [4.78, 5) is 19.7. The summed E-state index contributed by atoms with van der Waals surface area (Å²) in [5, 5.41) is 12.1. The number of piperidine rings is 2. The van der Waals surface area contributed by atoms with Crippen molar-refractivity contribution in [3.05, 3.63) is 12.1 Å². The smallest absolute Gasteiger partial charge is 0.223 e. The van der Waals surface area contributed by atoms with Crippen molar-refractivity contribution >= 4 is 17.5 Å². The second-order valence-electron chi connectivity index (χ2n) is 9.40. The molecular weight excluding hydrogens is 376 g/mol. The van der Waals surface area contributed by atoms with E-state index in [0.29, 0.717) is 0 Å². The van der Waals surface area contributed by atoms with Crippen molar-refractivity contribution in [2.24, 2.45) is 11.8 Å². The molecule has 166 valence electrons. The molecule has 1 atom stereocenters. The summed E-state index contributed by atoms with van der Waals surface area (Å²) < 4.78 is 0. The van der Waals surface area contributed by atoms with Crippen molar-refractivity contribution in [2.75, 3.05) is 62.2 Å². The van der Waals surface area contributed by atoms with Crippen LogP contribution in [0.15, 0.2) is 12.1 Å². The molecule has 7 nitrogen and oxygen atoms in total. The van der Waals surface area contributed by atoms with Gasteiger partial charge in [0.25, 0.3) is 0 Å². The first-order valence-electron chi connectivity index (χ1n) is 12.0. The summed E-state index contributed by atoms with van der Waals surface area (Å²) in [5.41, 5.74) is 0. The van der Waals surface area contributed by atoms with Crippen LogP contribution < -0.4 is 15.1 Å². The van der Waals surface area contributed by atoms with E-state index in [1.807, 2.05) is 0 Å². The molecule has 1 N–H and O–H groups in total. The minimum Gasteiger partial charge on any atom is -0.356 e. The first kappa shape index (κ1) is 21.3. The number of carbonyl (C=O) groups excluding carboxylic acids is 1. The van der Waals surface area contributed by atoms with Gasteiger partial charge in [-0.25, -0.2) is 0 Å². The highest BCUT2D eigenvalue weighted by Crippen LogP contribution is 2.24. The molecule has 0 saturated carbocycles.